The van der Waals surface area contributed by atoms with Crippen molar-refractivity contribution in [2.24, 2.45) is 5.10 Å². The Hall–Kier alpha value is -2.45. The minimum atomic E-state index is -0.497. The lowest BCUT2D eigenvalue weighted by Crippen LogP contribution is -2.18. The van der Waals surface area contributed by atoms with Gasteiger partial charge < -0.3 is 9.52 Å². The molecule has 2 N–H and O–H groups in total. The summed E-state index contributed by atoms with van der Waals surface area (Å²) in [5.41, 5.74) is 4.03. The maximum Gasteiger partial charge on any atom is 0.271 e. The van der Waals surface area contributed by atoms with Crippen LogP contribution in [-0.4, -0.2) is 17.2 Å². The van der Waals surface area contributed by atoms with Crippen molar-refractivity contribution in [2.45, 2.75) is 6.92 Å². The normalized spacial score (nSPS) is 11.2. The minimum Gasteiger partial charge on any atom is -0.506 e. The molecule has 26 heavy (non-hydrogen) atoms. The highest BCUT2D eigenvalue weighted by atomic mass is 79.9. The van der Waals surface area contributed by atoms with Crippen LogP contribution in [0.15, 0.2) is 59.9 Å². The van der Waals surface area contributed by atoms with Crippen molar-refractivity contribution >= 4 is 55.0 Å². The Kier molecular flexibility index (Phi) is 5.24. The van der Waals surface area contributed by atoms with Crippen molar-refractivity contribution in [1.29, 1.82) is 0 Å². The van der Waals surface area contributed by atoms with E-state index in [9.17, 15) is 14.7 Å². The first-order valence-electron chi connectivity index (χ1n) is 7.40. The molecule has 1 aromatic heterocycles. The highest BCUT2D eigenvalue weighted by Crippen LogP contribution is 2.33. The Morgan fingerprint density at radius 2 is 1.92 bits per heavy atom. The molecule has 8 heteroatoms. The fourth-order valence-electron chi connectivity index (χ4n) is 2.27. The van der Waals surface area contributed by atoms with E-state index in [-0.39, 0.29) is 22.3 Å². The number of phenols is 1. The van der Waals surface area contributed by atoms with Crippen LogP contribution in [-0.2, 0) is 0 Å². The van der Waals surface area contributed by atoms with Crippen LogP contribution in [0, 0.1) is 6.92 Å². The summed E-state index contributed by atoms with van der Waals surface area (Å²) in [5, 5.41) is 13.9. The van der Waals surface area contributed by atoms with E-state index in [1.807, 2.05) is 13.0 Å². The maximum absolute atomic E-state index is 12.4. The summed E-state index contributed by atoms with van der Waals surface area (Å²) < 4.78 is 6.16. The number of carbonyl (C=O) groups excluding carboxylic acids is 1. The standard InChI is InChI=1S/C18H12Br2N2O4/c1-9-2-3-15-12(4-9)16(23)11(8-26-15)7-21-22-18(25)10-5-13(19)17(24)14(20)6-10/h2-8,24H,1H3,(H,22,25)/b21-7+. The molecule has 3 aromatic rings. The van der Waals surface area contributed by atoms with Crippen LogP contribution in [0.5, 0.6) is 5.75 Å². The van der Waals surface area contributed by atoms with E-state index in [0.29, 0.717) is 19.9 Å². The molecule has 0 spiro atoms. The molecule has 0 radical (unpaired) electrons. The number of fused-ring (bicyclic) bond motifs is 1. The molecule has 6 nitrogen and oxygen atoms in total. The van der Waals surface area contributed by atoms with Crippen LogP contribution < -0.4 is 10.9 Å². The molecular formula is C18H12Br2N2O4. The number of hydrogen-bond donors (Lipinski definition) is 2. The van der Waals surface area contributed by atoms with Crippen molar-refractivity contribution in [1.82, 2.24) is 5.43 Å². The quantitative estimate of drug-likeness (QED) is 0.437. The zero-order valence-corrected chi connectivity index (χ0v) is 16.6. The summed E-state index contributed by atoms with van der Waals surface area (Å²) in [7, 11) is 0. The van der Waals surface area contributed by atoms with Gasteiger partial charge in [-0.05, 0) is 63.0 Å². The zero-order valence-electron chi connectivity index (χ0n) is 13.4. The van der Waals surface area contributed by atoms with Crippen LogP contribution in [0.3, 0.4) is 0 Å². The van der Waals surface area contributed by atoms with Crippen molar-refractivity contribution in [3.63, 3.8) is 0 Å². The molecule has 3 rings (SSSR count). The molecule has 0 fully saturated rings. The van der Waals surface area contributed by atoms with E-state index in [0.717, 1.165) is 5.56 Å². The van der Waals surface area contributed by atoms with E-state index in [2.05, 4.69) is 42.4 Å². The van der Waals surface area contributed by atoms with Crippen LogP contribution in [0.4, 0.5) is 0 Å². The maximum atomic E-state index is 12.4. The molecule has 1 amide bonds. The third-order valence-corrected chi connectivity index (χ3v) is 4.81. The highest BCUT2D eigenvalue weighted by molar-refractivity contribution is 9.11. The molecule has 0 aliphatic heterocycles. The van der Waals surface area contributed by atoms with Crippen molar-refractivity contribution in [2.75, 3.05) is 0 Å². The first-order chi connectivity index (χ1) is 12.4. The molecule has 0 saturated carbocycles. The van der Waals surface area contributed by atoms with E-state index < -0.39 is 5.91 Å². The van der Waals surface area contributed by atoms with Crippen molar-refractivity contribution < 1.29 is 14.3 Å². The third-order valence-electron chi connectivity index (χ3n) is 3.60. The molecular weight excluding hydrogens is 468 g/mol. The summed E-state index contributed by atoms with van der Waals surface area (Å²) in [6.07, 6.45) is 2.53. The lowest BCUT2D eigenvalue weighted by atomic mass is 10.1. The fraction of sp³-hybridized carbons (Fsp3) is 0.0556. The molecule has 1 heterocycles. The topological polar surface area (TPSA) is 91.9 Å². The van der Waals surface area contributed by atoms with E-state index in [4.69, 9.17) is 4.42 Å². The summed E-state index contributed by atoms with van der Waals surface area (Å²) >= 11 is 6.31. The number of nitrogens with one attached hydrogen (secondary N) is 1. The van der Waals surface area contributed by atoms with Gasteiger partial charge in [-0.15, -0.1) is 0 Å². The second-order valence-corrected chi connectivity index (χ2v) is 7.22. The van der Waals surface area contributed by atoms with Gasteiger partial charge in [0.2, 0.25) is 5.43 Å². The zero-order chi connectivity index (χ0) is 18.8. The van der Waals surface area contributed by atoms with Gasteiger partial charge in [0.1, 0.15) is 17.6 Å². The predicted octanol–water partition coefficient (Wildman–Crippen LogP) is 4.10. The Bertz CT molecular complexity index is 1080. The van der Waals surface area contributed by atoms with Gasteiger partial charge in [0.25, 0.3) is 5.91 Å². The van der Waals surface area contributed by atoms with Gasteiger partial charge in [-0.25, -0.2) is 5.43 Å². The number of aryl methyl sites for hydroxylation is 1. The number of aromatic hydroxyl groups is 1. The Balaban J connectivity index is 1.83. The van der Waals surface area contributed by atoms with Crippen molar-refractivity contribution in [3.05, 3.63) is 72.5 Å². The number of amides is 1. The van der Waals surface area contributed by atoms with Crippen LogP contribution >= 0.6 is 31.9 Å². The van der Waals surface area contributed by atoms with E-state index in [1.165, 1.54) is 24.6 Å². The lowest BCUT2D eigenvalue weighted by molar-refractivity contribution is 0.0955. The SMILES string of the molecule is Cc1ccc2occ(/C=N/NC(=O)c3cc(Br)c(O)c(Br)c3)c(=O)c2c1. The van der Waals surface area contributed by atoms with Gasteiger partial charge in [-0.1, -0.05) is 11.6 Å². The molecule has 2 aromatic carbocycles. The molecule has 0 unspecified atom stereocenters. The number of halogens is 2. The second kappa shape index (κ2) is 7.43. The van der Waals surface area contributed by atoms with Gasteiger partial charge in [0.05, 0.1) is 26.1 Å². The predicted molar refractivity (Wildman–Crippen MR) is 106 cm³/mol. The molecule has 0 saturated heterocycles. The monoisotopic (exact) mass is 478 g/mol. The third kappa shape index (κ3) is 3.71. The number of hydrogen-bond acceptors (Lipinski definition) is 5. The largest absolute Gasteiger partial charge is 0.506 e. The number of carbonyl (C=O) groups is 1. The number of rotatable bonds is 3. The first-order valence-corrected chi connectivity index (χ1v) is 8.99. The second-order valence-electron chi connectivity index (χ2n) is 5.51. The fourth-order valence-corrected chi connectivity index (χ4v) is 3.46. The molecule has 0 bridgehead atoms. The van der Waals surface area contributed by atoms with E-state index in [1.54, 1.807) is 12.1 Å². The summed E-state index contributed by atoms with van der Waals surface area (Å²) in [6.45, 7) is 1.88. The highest BCUT2D eigenvalue weighted by Gasteiger charge is 2.11. The first kappa shape index (κ1) is 18.3. The number of hydrazone groups is 1. The molecule has 0 aliphatic rings. The molecule has 0 aliphatic carbocycles. The summed E-state index contributed by atoms with van der Waals surface area (Å²) in [6, 6.07) is 8.24. The van der Waals surface area contributed by atoms with Crippen molar-refractivity contribution in [3.8, 4) is 5.75 Å². The molecule has 132 valence electrons. The Morgan fingerprint density at radius 1 is 1.23 bits per heavy atom. The number of nitrogens with zero attached hydrogens (tertiary/aromatic N) is 1. The summed E-state index contributed by atoms with van der Waals surface area (Å²) in [5.74, 6) is -0.502. The minimum absolute atomic E-state index is 0.00545. The van der Waals surface area contributed by atoms with Crippen LogP contribution in [0.1, 0.15) is 21.5 Å². The average molecular weight is 480 g/mol. The van der Waals surface area contributed by atoms with Gasteiger partial charge in [0, 0.05) is 5.56 Å². The van der Waals surface area contributed by atoms with Gasteiger partial charge >= 0.3 is 0 Å². The summed E-state index contributed by atoms with van der Waals surface area (Å²) in [4.78, 5) is 24.6. The van der Waals surface area contributed by atoms with Crippen LogP contribution in [0.25, 0.3) is 11.0 Å². The van der Waals surface area contributed by atoms with Crippen LogP contribution in [0.2, 0.25) is 0 Å². The molecule has 0 atom stereocenters. The number of benzene rings is 2. The number of phenolic OH excluding ortho intramolecular Hbond substituents is 1. The van der Waals surface area contributed by atoms with Gasteiger partial charge in [-0.3, -0.25) is 9.59 Å². The smallest absolute Gasteiger partial charge is 0.271 e. The van der Waals surface area contributed by atoms with Gasteiger partial charge in [0.15, 0.2) is 0 Å². The Labute approximate surface area is 164 Å². The Morgan fingerprint density at radius 3 is 2.62 bits per heavy atom. The average Bonchev–Trinajstić information content (AvgIpc) is 2.61. The van der Waals surface area contributed by atoms with E-state index >= 15 is 0 Å². The van der Waals surface area contributed by atoms with Gasteiger partial charge in [-0.2, -0.15) is 5.10 Å². The lowest BCUT2D eigenvalue weighted by Gasteiger charge is -2.04.